The van der Waals surface area contributed by atoms with Gasteiger partial charge in [0.2, 0.25) is 0 Å². The molecule has 1 aromatic rings. The minimum atomic E-state index is -5.98. The van der Waals surface area contributed by atoms with Gasteiger partial charge in [0.15, 0.2) is 5.75 Å². The number of nitrogens with zero attached hydrogens (tertiary/aromatic N) is 1. The third kappa shape index (κ3) is 4.48. The van der Waals surface area contributed by atoms with Crippen LogP contribution < -0.4 is 9.81 Å². The second-order valence-corrected chi connectivity index (χ2v) is 8.00. The van der Waals surface area contributed by atoms with E-state index < -0.39 is 38.7 Å². The maximum Gasteiger partial charge on any atom is 0.534 e. The Hall–Kier alpha value is -2.24. The maximum atomic E-state index is 12.5. The fraction of sp³-hybridized carbons (Fsp3) is 0.571. The molecular formula is C14H16F3NO7S. The quantitative estimate of drug-likeness (QED) is 0.555. The Morgan fingerprint density at radius 3 is 2.42 bits per heavy atom. The second-order valence-electron chi connectivity index (χ2n) is 6.47. The van der Waals surface area contributed by atoms with E-state index in [2.05, 4.69) is 4.18 Å². The molecule has 0 bridgehead atoms. The van der Waals surface area contributed by atoms with Gasteiger partial charge in [-0.1, -0.05) is 0 Å². The molecule has 1 aliphatic heterocycles. The zero-order valence-electron chi connectivity index (χ0n) is 14.0. The molecule has 2 heterocycles. The number of alkyl halides is 3. The molecule has 1 amide bonds. The van der Waals surface area contributed by atoms with E-state index in [1.54, 1.807) is 20.8 Å². The van der Waals surface area contributed by atoms with E-state index in [1.807, 2.05) is 0 Å². The van der Waals surface area contributed by atoms with Crippen LogP contribution >= 0.6 is 0 Å². The van der Waals surface area contributed by atoms with Crippen LogP contribution in [0.25, 0.3) is 0 Å². The second kappa shape index (κ2) is 6.49. The molecule has 0 spiro atoms. The summed E-state index contributed by atoms with van der Waals surface area (Å²) in [6, 6.07) is 0.487. The number of carbonyl (C=O) groups is 1. The molecule has 12 heteroatoms. The highest BCUT2D eigenvalue weighted by molar-refractivity contribution is 7.88. The van der Waals surface area contributed by atoms with Gasteiger partial charge in [0.1, 0.15) is 11.4 Å². The number of ether oxygens (including phenoxy) is 1. The lowest BCUT2D eigenvalue weighted by molar-refractivity contribution is -0.0501. The van der Waals surface area contributed by atoms with Crippen molar-refractivity contribution in [1.29, 1.82) is 0 Å². The van der Waals surface area contributed by atoms with Crippen molar-refractivity contribution in [3.63, 3.8) is 0 Å². The molecule has 0 aromatic carbocycles. The Morgan fingerprint density at radius 1 is 1.27 bits per heavy atom. The molecule has 1 aliphatic rings. The molecule has 0 radical (unpaired) electrons. The number of amides is 1. The molecule has 0 atom stereocenters. The Bertz CT molecular complexity index is 868. The van der Waals surface area contributed by atoms with Crippen molar-refractivity contribution in [2.75, 3.05) is 6.54 Å². The summed E-state index contributed by atoms with van der Waals surface area (Å²) in [6.07, 6.45) is -0.772. The summed E-state index contributed by atoms with van der Waals surface area (Å²) in [6.45, 7) is 4.63. The third-order valence-corrected chi connectivity index (χ3v) is 4.17. The smallest absolute Gasteiger partial charge is 0.444 e. The van der Waals surface area contributed by atoms with E-state index in [0.29, 0.717) is 6.07 Å². The zero-order chi connectivity index (χ0) is 19.9. The zero-order valence-corrected chi connectivity index (χ0v) is 14.9. The molecule has 0 fully saturated rings. The Balaban J connectivity index is 2.37. The first-order valence-electron chi connectivity index (χ1n) is 7.34. The third-order valence-electron chi connectivity index (χ3n) is 3.20. The van der Waals surface area contributed by atoms with Gasteiger partial charge in [-0.2, -0.15) is 21.6 Å². The molecule has 26 heavy (non-hydrogen) atoms. The average molecular weight is 399 g/mol. The van der Waals surface area contributed by atoms with Crippen molar-refractivity contribution >= 4 is 16.2 Å². The molecule has 1 aromatic heterocycles. The fourth-order valence-corrected chi connectivity index (χ4v) is 2.62. The SMILES string of the molecule is CC(C)(C)OC(=O)N1CCc2oc(=O)cc(OS(=O)(=O)C(F)(F)F)c2C1. The van der Waals surface area contributed by atoms with E-state index in [0.717, 1.165) is 4.90 Å². The monoisotopic (exact) mass is 399 g/mol. The number of halogens is 3. The van der Waals surface area contributed by atoms with Crippen LogP contribution in [0.3, 0.4) is 0 Å². The van der Waals surface area contributed by atoms with Crippen molar-refractivity contribution in [3.05, 3.63) is 27.8 Å². The highest BCUT2D eigenvalue weighted by Crippen LogP contribution is 2.32. The minimum absolute atomic E-state index is 0.0208. The lowest BCUT2D eigenvalue weighted by Gasteiger charge is -2.30. The standard InChI is InChI=1S/C14H16F3NO7S/c1-13(2,3)24-12(20)18-5-4-9-8(7-18)10(6-11(19)23-9)25-26(21,22)14(15,16)17/h6H,4-5,7H2,1-3H3. The van der Waals surface area contributed by atoms with Gasteiger partial charge in [-0.15, -0.1) is 0 Å². The first kappa shape index (κ1) is 20.1. The van der Waals surface area contributed by atoms with Crippen LogP contribution in [0.1, 0.15) is 32.1 Å². The fourth-order valence-electron chi connectivity index (χ4n) is 2.14. The normalized spacial score (nSPS) is 15.4. The van der Waals surface area contributed by atoms with Crippen LogP contribution in [0.15, 0.2) is 15.3 Å². The number of carbonyl (C=O) groups excluding carboxylic acids is 1. The Labute approximate surface area is 146 Å². The van der Waals surface area contributed by atoms with Gasteiger partial charge in [0.25, 0.3) is 0 Å². The summed E-state index contributed by atoms with van der Waals surface area (Å²) < 4.78 is 74.2. The number of hydrogen-bond donors (Lipinski definition) is 0. The van der Waals surface area contributed by atoms with Gasteiger partial charge in [0.05, 0.1) is 18.2 Å². The Morgan fingerprint density at radius 2 is 1.88 bits per heavy atom. The average Bonchev–Trinajstić information content (AvgIpc) is 2.43. The van der Waals surface area contributed by atoms with Gasteiger partial charge < -0.3 is 18.2 Å². The highest BCUT2D eigenvalue weighted by Gasteiger charge is 2.49. The van der Waals surface area contributed by atoms with Gasteiger partial charge in [-0.3, -0.25) is 0 Å². The summed E-state index contributed by atoms with van der Waals surface area (Å²) in [5.41, 5.74) is -7.69. The van der Waals surface area contributed by atoms with Gasteiger partial charge in [0, 0.05) is 13.0 Å². The van der Waals surface area contributed by atoms with Gasteiger partial charge in [-0.05, 0) is 20.8 Å². The van der Waals surface area contributed by atoms with Crippen molar-refractivity contribution in [2.45, 2.75) is 44.8 Å². The summed E-state index contributed by atoms with van der Waals surface area (Å²) in [4.78, 5) is 24.7. The maximum absolute atomic E-state index is 12.5. The van der Waals surface area contributed by atoms with E-state index in [9.17, 15) is 31.2 Å². The molecule has 146 valence electrons. The van der Waals surface area contributed by atoms with Crippen molar-refractivity contribution in [1.82, 2.24) is 4.90 Å². The molecule has 0 N–H and O–H groups in total. The van der Waals surface area contributed by atoms with Crippen LogP contribution in [-0.2, 0) is 27.8 Å². The van der Waals surface area contributed by atoms with Gasteiger partial charge >= 0.3 is 27.3 Å². The molecule has 0 unspecified atom stereocenters. The lowest BCUT2D eigenvalue weighted by atomic mass is 10.1. The predicted octanol–water partition coefficient (Wildman–Crippen LogP) is 2.16. The van der Waals surface area contributed by atoms with Crippen LogP contribution in [0, 0.1) is 0 Å². The molecular weight excluding hydrogens is 383 g/mol. The van der Waals surface area contributed by atoms with Crippen LogP contribution in [0.2, 0.25) is 0 Å². The summed E-state index contributed by atoms with van der Waals surface area (Å²) >= 11 is 0. The number of hydrogen-bond acceptors (Lipinski definition) is 7. The molecule has 0 saturated heterocycles. The van der Waals surface area contributed by atoms with E-state index in [1.165, 1.54) is 0 Å². The molecule has 8 nitrogen and oxygen atoms in total. The number of rotatable bonds is 2. The first-order valence-corrected chi connectivity index (χ1v) is 8.75. The number of fused-ring (bicyclic) bond motifs is 1. The van der Waals surface area contributed by atoms with Gasteiger partial charge in [-0.25, -0.2) is 9.59 Å². The van der Waals surface area contributed by atoms with Crippen molar-refractivity contribution < 1.29 is 39.7 Å². The molecule has 2 rings (SSSR count). The largest absolute Gasteiger partial charge is 0.534 e. The van der Waals surface area contributed by atoms with Crippen molar-refractivity contribution in [2.24, 2.45) is 0 Å². The minimum Gasteiger partial charge on any atom is -0.444 e. The topological polar surface area (TPSA) is 103 Å². The van der Waals surface area contributed by atoms with Crippen molar-refractivity contribution in [3.8, 4) is 5.75 Å². The summed E-state index contributed by atoms with van der Waals surface area (Å²) in [7, 11) is -5.98. The lowest BCUT2D eigenvalue weighted by Crippen LogP contribution is -2.40. The molecule has 0 saturated carbocycles. The summed E-state index contributed by atoms with van der Waals surface area (Å²) in [5.74, 6) is -0.883. The van der Waals surface area contributed by atoms with Crippen LogP contribution in [0.5, 0.6) is 5.75 Å². The summed E-state index contributed by atoms with van der Waals surface area (Å²) in [5, 5.41) is 0. The van der Waals surface area contributed by atoms with E-state index in [4.69, 9.17) is 9.15 Å². The van der Waals surface area contributed by atoms with Crippen LogP contribution in [-0.4, -0.2) is 37.1 Å². The van der Waals surface area contributed by atoms with E-state index >= 15 is 0 Å². The van der Waals surface area contributed by atoms with E-state index in [-0.39, 0.29) is 30.8 Å². The van der Waals surface area contributed by atoms with Crippen LogP contribution in [0.4, 0.5) is 18.0 Å². The Kier molecular flexibility index (Phi) is 5.01. The molecule has 0 aliphatic carbocycles. The first-order chi connectivity index (χ1) is 11.7. The highest BCUT2D eigenvalue weighted by atomic mass is 32.2. The predicted molar refractivity (Wildman–Crippen MR) is 80.9 cm³/mol.